The first-order chi connectivity index (χ1) is 10.8. The van der Waals surface area contributed by atoms with Crippen molar-refractivity contribution in [2.45, 2.75) is 25.8 Å². The molecule has 0 spiro atoms. The van der Waals surface area contributed by atoms with Crippen molar-refractivity contribution >= 4 is 21.7 Å². The first-order valence-corrected chi connectivity index (χ1v) is 9.31. The molecule has 1 atom stereocenters. The number of anilines is 1. The van der Waals surface area contributed by atoms with Crippen molar-refractivity contribution in [2.75, 3.05) is 31.8 Å². The van der Waals surface area contributed by atoms with Crippen LogP contribution in [0.1, 0.15) is 18.4 Å². The third-order valence-corrected chi connectivity index (χ3v) is 5.11. The highest BCUT2D eigenvalue weighted by Gasteiger charge is 2.26. The lowest BCUT2D eigenvalue weighted by atomic mass is 10.1. The topological polar surface area (TPSA) is 87.7 Å². The number of benzene rings is 1. The fourth-order valence-electron chi connectivity index (χ4n) is 2.67. The van der Waals surface area contributed by atoms with Crippen LogP contribution in [-0.4, -0.2) is 51.3 Å². The second kappa shape index (κ2) is 7.18. The predicted molar refractivity (Wildman–Crippen MR) is 89.3 cm³/mol. The molecule has 0 radical (unpaired) electrons. The summed E-state index contributed by atoms with van der Waals surface area (Å²) in [6, 6.07) is 4.85. The molecule has 1 fully saturated rings. The summed E-state index contributed by atoms with van der Waals surface area (Å²) in [5, 5.41) is 5.59. The van der Waals surface area contributed by atoms with Crippen molar-refractivity contribution in [3.8, 4) is 5.75 Å². The summed E-state index contributed by atoms with van der Waals surface area (Å²) in [5.41, 5.74) is 1.59. The van der Waals surface area contributed by atoms with Gasteiger partial charge in [0.1, 0.15) is 5.75 Å². The highest BCUT2D eigenvalue weighted by Crippen LogP contribution is 2.21. The zero-order valence-electron chi connectivity index (χ0n) is 13.6. The average molecular weight is 341 g/mol. The molecule has 7 nitrogen and oxygen atoms in total. The highest BCUT2D eigenvalue weighted by atomic mass is 32.2. The maximum absolute atomic E-state index is 12.1. The van der Waals surface area contributed by atoms with Gasteiger partial charge in [0.2, 0.25) is 10.0 Å². The van der Waals surface area contributed by atoms with E-state index in [-0.39, 0.29) is 12.1 Å². The van der Waals surface area contributed by atoms with E-state index in [1.807, 2.05) is 13.0 Å². The Balaban J connectivity index is 1.93. The molecule has 2 rings (SSSR count). The molecule has 8 heteroatoms. The number of carbonyl (C=O) groups excluding carboxylic acids is 1. The van der Waals surface area contributed by atoms with Gasteiger partial charge in [0.05, 0.1) is 13.4 Å². The lowest BCUT2D eigenvalue weighted by molar-refractivity contribution is 0.236. The molecule has 23 heavy (non-hydrogen) atoms. The number of sulfonamides is 1. The molecule has 1 aromatic rings. The van der Waals surface area contributed by atoms with Crippen molar-refractivity contribution < 1.29 is 17.9 Å². The number of aryl methyl sites for hydroxylation is 1. The molecule has 0 unspecified atom stereocenters. The maximum Gasteiger partial charge on any atom is 0.319 e. The van der Waals surface area contributed by atoms with E-state index in [9.17, 15) is 13.2 Å². The quantitative estimate of drug-likeness (QED) is 0.870. The first-order valence-electron chi connectivity index (χ1n) is 7.47. The number of piperidine rings is 1. The number of methoxy groups -OCH3 is 1. The third kappa shape index (κ3) is 4.84. The summed E-state index contributed by atoms with van der Waals surface area (Å²) in [6.45, 7) is 2.72. The summed E-state index contributed by atoms with van der Waals surface area (Å²) in [5.74, 6) is 0.757. The minimum Gasteiger partial charge on any atom is -0.496 e. The minimum atomic E-state index is -3.22. The Labute approximate surface area is 137 Å². The van der Waals surface area contributed by atoms with E-state index in [1.54, 1.807) is 19.2 Å². The summed E-state index contributed by atoms with van der Waals surface area (Å²) in [4.78, 5) is 12.1. The standard InChI is InChI=1S/C15H23N3O4S/c1-11-9-12(6-7-14(11)22-2)16-15(19)17-13-5-4-8-18(10-13)23(3,20)21/h6-7,9,13H,4-5,8,10H2,1-3H3,(H2,16,17,19)/t13-/m0/s1. The van der Waals surface area contributed by atoms with Gasteiger partial charge < -0.3 is 15.4 Å². The Kier molecular flexibility index (Phi) is 5.48. The van der Waals surface area contributed by atoms with Crippen molar-refractivity contribution in [3.63, 3.8) is 0 Å². The summed E-state index contributed by atoms with van der Waals surface area (Å²) in [6.07, 6.45) is 2.69. The van der Waals surface area contributed by atoms with Gasteiger partial charge in [0.15, 0.2) is 0 Å². The van der Waals surface area contributed by atoms with Gasteiger partial charge in [-0.05, 0) is 43.5 Å². The van der Waals surface area contributed by atoms with Gasteiger partial charge in [0.25, 0.3) is 0 Å². The Morgan fingerprint density at radius 1 is 1.39 bits per heavy atom. The number of rotatable bonds is 4. The molecule has 0 saturated carbocycles. The van der Waals surface area contributed by atoms with E-state index in [2.05, 4.69) is 10.6 Å². The third-order valence-electron chi connectivity index (χ3n) is 3.84. The summed E-state index contributed by atoms with van der Waals surface area (Å²) in [7, 11) is -1.62. The smallest absolute Gasteiger partial charge is 0.319 e. The van der Waals surface area contributed by atoms with Gasteiger partial charge in [-0.3, -0.25) is 0 Å². The van der Waals surface area contributed by atoms with E-state index in [1.165, 1.54) is 10.6 Å². The number of nitrogens with zero attached hydrogens (tertiary/aromatic N) is 1. The predicted octanol–water partition coefficient (Wildman–Crippen LogP) is 1.55. The van der Waals surface area contributed by atoms with Gasteiger partial charge in [-0.15, -0.1) is 0 Å². The Morgan fingerprint density at radius 2 is 2.13 bits per heavy atom. The van der Waals surface area contributed by atoms with E-state index in [0.29, 0.717) is 18.8 Å². The Morgan fingerprint density at radius 3 is 2.74 bits per heavy atom. The minimum absolute atomic E-state index is 0.183. The van der Waals surface area contributed by atoms with Crippen LogP contribution in [0, 0.1) is 6.92 Å². The van der Waals surface area contributed by atoms with E-state index < -0.39 is 10.0 Å². The van der Waals surface area contributed by atoms with Gasteiger partial charge in [-0.25, -0.2) is 17.5 Å². The zero-order valence-corrected chi connectivity index (χ0v) is 14.4. The van der Waals surface area contributed by atoms with Crippen LogP contribution in [0.15, 0.2) is 18.2 Å². The van der Waals surface area contributed by atoms with Crippen molar-refractivity contribution in [1.82, 2.24) is 9.62 Å². The summed E-state index contributed by atoms with van der Waals surface area (Å²) < 4.78 is 29.8. The van der Waals surface area contributed by atoms with Crippen molar-refractivity contribution in [1.29, 1.82) is 0 Å². The fourth-order valence-corrected chi connectivity index (χ4v) is 3.58. The molecule has 1 saturated heterocycles. The Bertz CT molecular complexity index is 675. The number of nitrogens with one attached hydrogen (secondary N) is 2. The van der Waals surface area contributed by atoms with Crippen LogP contribution in [0.2, 0.25) is 0 Å². The number of ether oxygens (including phenoxy) is 1. The normalized spacial score (nSPS) is 19.2. The SMILES string of the molecule is COc1ccc(NC(=O)N[C@H]2CCCN(S(C)(=O)=O)C2)cc1C. The van der Waals surface area contributed by atoms with Crippen LogP contribution >= 0.6 is 0 Å². The van der Waals surface area contributed by atoms with E-state index >= 15 is 0 Å². The van der Waals surface area contributed by atoms with Gasteiger partial charge >= 0.3 is 6.03 Å². The second-order valence-corrected chi connectivity index (χ2v) is 7.73. The van der Waals surface area contributed by atoms with Crippen LogP contribution in [0.5, 0.6) is 5.75 Å². The number of hydrogen-bond donors (Lipinski definition) is 2. The van der Waals surface area contributed by atoms with Crippen LogP contribution in [0.25, 0.3) is 0 Å². The number of hydrogen-bond acceptors (Lipinski definition) is 4. The first kappa shape index (κ1) is 17.6. The van der Waals surface area contributed by atoms with Gasteiger partial charge in [-0.2, -0.15) is 0 Å². The second-order valence-electron chi connectivity index (χ2n) is 5.74. The lowest BCUT2D eigenvalue weighted by Gasteiger charge is -2.31. The van der Waals surface area contributed by atoms with Gasteiger partial charge in [-0.1, -0.05) is 0 Å². The Hall–Kier alpha value is -1.80. The van der Waals surface area contributed by atoms with Crippen molar-refractivity contribution in [3.05, 3.63) is 23.8 Å². The molecule has 0 aliphatic carbocycles. The monoisotopic (exact) mass is 341 g/mol. The number of carbonyl (C=O) groups is 1. The average Bonchev–Trinajstić information content (AvgIpc) is 2.46. The molecule has 1 aromatic carbocycles. The van der Waals surface area contributed by atoms with E-state index in [4.69, 9.17) is 4.74 Å². The molecule has 128 valence electrons. The number of urea groups is 1. The van der Waals surface area contributed by atoms with E-state index in [0.717, 1.165) is 24.2 Å². The maximum atomic E-state index is 12.1. The molecule has 2 N–H and O–H groups in total. The molecule has 1 aliphatic heterocycles. The molecule has 0 bridgehead atoms. The van der Waals surface area contributed by atoms with Crippen molar-refractivity contribution in [2.24, 2.45) is 0 Å². The van der Waals surface area contributed by atoms with Crippen LogP contribution < -0.4 is 15.4 Å². The molecular formula is C15H23N3O4S. The lowest BCUT2D eigenvalue weighted by Crippen LogP contribution is -2.50. The van der Waals surface area contributed by atoms with Crippen LogP contribution in [0.3, 0.4) is 0 Å². The molecule has 1 heterocycles. The summed E-state index contributed by atoms with van der Waals surface area (Å²) >= 11 is 0. The highest BCUT2D eigenvalue weighted by molar-refractivity contribution is 7.88. The fraction of sp³-hybridized carbons (Fsp3) is 0.533. The number of amides is 2. The molecule has 1 aliphatic rings. The van der Waals surface area contributed by atoms with Gasteiger partial charge in [0, 0.05) is 24.8 Å². The molecule has 0 aromatic heterocycles. The van der Waals surface area contributed by atoms with Crippen LogP contribution in [-0.2, 0) is 10.0 Å². The van der Waals surface area contributed by atoms with Crippen LogP contribution in [0.4, 0.5) is 10.5 Å². The largest absolute Gasteiger partial charge is 0.496 e. The zero-order chi connectivity index (χ0) is 17.0. The molecule has 2 amide bonds. The molecular weight excluding hydrogens is 318 g/mol.